The van der Waals surface area contributed by atoms with Crippen LogP contribution in [0, 0.1) is 5.82 Å². The first-order chi connectivity index (χ1) is 9.10. The average molecular weight is 268 g/mol. The first-order valence-electron chi connectivity index (χ1n) is 6.77. The molecule has 0 aliphatic carbocycles. The van der Waals surface area contributed by atoms with E-state index in [0.29, 0.717) is 25.0 Å². The van der Waals surface area contributed by atoms with E-state index in [1.54, 1.807) is 18.2 Å². The lowest BCUT2D eigenvalue weighted by molar-refractivity contribution is -0.111. The van der Waals surface area contributed by atoms with Crippen molar-refractivity contribution >= 4 is 0 Å². The van der Waals surface area contributed by atoms with Gasteiger partial charge in [0.1, 0.15) is 0 Å². The molecule has 2 rings (SSSR count). The molecule has 2 atom stereocenters. The number of methoxy groups -OCH3 is 1. The molecule has 1 N–H and O–H groups in total. The molecular weight excluding hydrogens is 247 g/mol. The predicted molar refractivity (Wildman–Crippen MR) is 70.7 cm³/mol. The van der Waals surface area contributed by atoms with E-state index in [0.717, 1.165) is 12.8 Å². The van der Waals surface area contributed by atoms with Gasteiger partial charge in [-0.3, -0.25) is 0 Å². The SMILES string of the molecule is CCCC1CC(O)(c2cccc(OC)c2F)CCO1. The molecule has 1 saturated heterocycles. The fraction of sp³-hybridized carbons (Fsp3) is 0.600. The van der Waals surface area contributed by atoms with Gasteiger partial charge >= 0.3 is 0 Å². The highest BCUT2D eigenvalue weighted by Gasteiger charge is 2.38. The number of hydrogen-bond acceptors (Lipinski definition) is 3. The highest BCUT2D eigenvalue weighted by molar-refractivity contribution is 5.35. The van der Waals surface area contributed by atoms with E-state index in [4.69, 9.17) is 9.47 Å². The Labute approximate surface area is 113 Å². The molecular formula is C15H21FO3. The standard InChI is InChI=1S/C15H21FO3/c1-3-5-11-10-15(17,8-9-19-11)12-6-4-7-13(18-2)14(12)16/h4,6-7,11,17H,3,5,8-10H2,1-2H3. The molecule has 1 aromatic rings. The molecule has 1 aromatic carbocycles. The van der Waals surface area contributed by atoms with Crippen LogP contribution in [-0.4, -0.2) is 24.9 Å². The van der Waals surface area contributed by atoms with Gasteiger partial charge in [0, 0.05) is 18.4 Å². The molecule has 1 aliphatic rings. The van der Waals surface area contributed by atoms with Crippen LogP contribution in [0.2, 0.25) is 0 Å². The summed E-state index contributed by atoms with van der Waals surface area (Å²) in [5.41, 5.74) is -0.840. The number of halogens is 1. The van der Waals surface area contributed by atoms with Crippen LogP contribution in [0.4, 0.5) is 4.39 Å². The summed E-state index contributed by atoms with van der Waals surface area (Å²) in [7, 11) is 1.43. The third kappa shape index (κ3) is 2.90. The normalized spacial score (nSPS) is 27.3. The van der Waals surface area contributed by atoms with Crippen molar-refractivity contribution in [3.8, 4) is 5.75 Å². The third-order valence-electron chi connectivity index (χ3n) is 3.73. The van der Waals surface area contributed by atoms with Crippen molar-refractivity contribution in [2.45, 2.75) is 44.3 Å². The van der Waals surface area contributed by atoms with Crippen molar-refractivity contribution in [2.75, 3.05) is 13.7 Å². The van der Waals surface area contributed by atoms with Crippen molar-refractivity contribution < 1.29 is 19.0 Å². The van der Waals surface area contributed by atoms with Gasteiger partial charge < -0.3 is 14.6 Å². The maximum absolute atomic E-state index is 14.3. The van der Waals surface area contributed by atoms with Crippen LogP contribution in [0.5, 0.6) is 5.75 Å². The van der Waals surface area contributed by atoms with Crippen molar-refractivity contribution in [1.29, 1.82) is 0 Å². The average Bonchev–Trinajstić information content (AvgIpc) is 2.39. The van der Waals surface area contributed by atoms with Gasteiger partial charge in [0.15, 0.2) is 11.6 Å². The minimum absolute atomic E-state index is 0.00523. The number of aliphatic hydroxyl groups is 1. The van der Waals surface area contributed by atoms with Crippen molar-refractivity contribution in [3.63, 3.8) is 0 Å². The lowest BCUT2D eigenvalue weighted by Gasteiger charge is -2.37. The maximum Gasteiger partial charge on any atom is 0.171 e. The lowest BCUT2D eigenvalue weighted by Crippen LogP contribution is -2.39. The van der Waals surface area contributed by atoms with E-state index in [1.807, 2.05) is 0 Å². The van der Waals surface area contributed by atoms with Crippen LogP contribution in [0.25, 0.3) is 0 Å². The van der Waals surface area contributed by atoms with E-state index in [1.165, 1.54) is 7.11 Å². The molecule has 0 aromatic heterocycles. The molecule has 1 fully saturated rings. The zero-order chi connectivity index (χ0) is 13.9. The topological polar surface area (TPSA) is 38.7 Å². The predicted octanol–water partition coefficient (Wildman–Crippen LogP) is 3.00. The van der Waals surface area contributed by atoms with Gasteiger partial charge in [-0.05, 0) is 12.5 Å². The fourth-order valence-corrected chi connectivity index (χ4v) is 2.71. The van der Waals surface area contributed by atoms with Crippen molar-refractivity contribution in [1.82, 2.24) is 0 Å². The number of ether oxygens (including phenoxy) is 2. The van der Waals surface area contributed by atoms with E-state index >= 15 is 0 Å². The molecule has 0 radical (unpaired) electrons. The Balaban J connectivity index is 2.28. The molecule has 2 unspecified atom stereocenters. The molecule has 106 valence electrons. The van der Waals surface area contributed by atoms with Crippen LogP contribution < -0.4 is 4.74 Å². The maximum atomic E-state index is 14.3. The van der Waals surface area contributed by atoms with Gasteiger partial charge in [0.25, 0.3) is 0 Å². The number of rotatable bonds is 4. The molecule has 1 aliphatic heterocycles. The fourth-order valence-electron chi connectivity index (χ4n) is 2.71. The zero-order valence-electron chi connectivity index (χ0n) is 11.5. The summed E-state index contributed by atoms with van der Waals surface area (Å²) < 4.78 is 24.9. The largest absolute Gasteiger partial charge is 0.494 e. The summed E-state index contributed by atoms with van der Waals surface area (Å²) >= 11 is 0. The Morgan fingerprint density at radius 3 is 3.00 bits per heavy atom. The first kappa shape index (κ1) is 14.3. The summed E-state index contributed by atoms with van der Waals surface area (Å²) in [5.74, 6) is -0.297. The van der Waals surface area contributed by atoms with Crippen LogP contribution in [-0.2, 0) is 10.3 Å². The van der Waals surface area contributed by atoms with Crippen LogP contribution in [0.1, 0.15) is 38.2 Å². The van der Waals surface area contributed by atoms with Crippen LogP contribution >= 0.6 is 0 Å². The zero-order valence-corrected chi connectivity index (χ0v) is 11.5. The quantitative estimate of drug-likeness (QED) is 0.912. The first-order valence-corrected chi connectivity index (χ1v) is 6.77. The molecule has 1 heterocycles. The van der Waals surface area contributed by atoms with Crippen LogP contribution in [0.3, 0.4) is 0 Å². The summed E-state index contributed by atoms with van der Waals surface area (Å²) in [6, 6.07) is 4.90. The monoisotopic (exact) mass is 268 g/mol. The smallest absolute Gasteiger partial charge is 0.171 e. The second-order valence-corrected chi connectivity index (χ2v) is 5.09. The van der Waals surface area contributed by atoms with Gasteiger partial charge in [-0.15, -0.1) is 0 Å². The second-order valence-electron chi connectivity index (χ2n) is 5.09. The molecule has 0 bridgehead atoms. The number of hydrogen-bond donors (Lipinski definition) is 1. The van der Waals surface area contributed by atoms with Crippen molar-refractivity contribution in [2.24, 2.45) is 0 Å². The van der Waals surface area contributed by atoms with E-state index in [2.05, 4.69) is 6.92 Å². The third-order valence-corrected chi connectivity index (χ3v) is 3.73. The highest BCUT2D eigenvalue weighted by atomic mass is 19.1. The molecule has 0 amide bonds. The second kappa shape index (κ2) is 5.88. The molecule has 3 nitrogen and oxygen atoms in total. The Bertz CT molecular complexity index is 433. The number of benzene rings is 1. The van der Waals surface area contributed by atoms with Gasteiger partial charge in [0.2, 0.25) is 0 Å². The Morgan fingerprint density at radius 1 is 1.53 bits per heavy atom. The van der Waals surface area contributed by atoms with E-state index in [-0.39, 0.29) is 11.9 Å². The van der Waals surface area contributed by atoms with Gasteiger partial charge in [-0.1, -0.05) is 25.5 Å². The summed E-state index contributed by atoms with van der Waals surface area (Å²) in [5, 5.41) is 10.8. The molecule has 4 heteroatoms. The van der Waals surface area contributed by atoms with E-state index in [9.17, 15) is 9.50 Å². The van der Waals surface area contributed by atoms with Gasteiger partial charge in [-0.25, -0.2) is 4.39 Å². The molecule has 19 heavy (non-hydrogen) atoms. The summed E-state index contributed by atoms with van der Waals surface area (Å²) in [4.78, 5) is 0. The lowest BCUT2D eigenvalue weighted by atomic mass is 9.82. The molecule has 0 saturated carbocycles. The summed E-state index contributed by atoms with van der Waals surface area (Å²) in [6.45, 7) is 2.53. The van der Waals surface area contributed by atoms with Gasteiger partial charge in [0.05, 0.1) is 25.4 Å². The minimum atomic E-state index is -1.16. The van der Waals surface area contributed by atoms with Crippen LogP contribution in [0.15, 0.2) is 18.2 Å². The molecule has 0 spiro atoms. The summed E-state index contributed by atoms with van der Waals surface area (Å²) in [6.07, 6.45) is 2.71. The minimum Gasteiger partial charge on any atom is -0.494 e. The Morgan fingerprint density at radius 2 is 2.32 bits per heavy atom. The Kier molecular flexibility index (Phi) is 4.42. The Hall–Kier alpha value is -1.13. The highest BCUT2D eigenvalue weighted by Crippen LogP contribution is 2.39. The van der Waals surface area contributed by atoms with E-state index < -0.39 is 11.4 Å². The van der Waals surface area contributed by atoms with Crippen molar-refractivity contribution in [3.05, 3.63) is 29.6 Å². The van der Waals surface area contributed by atoms with Gasteiger partial charge in [-0.2, -0.15) is 0 Å².